The number of rotatable bonds is 7. The molecule has 0 spiro atoms. The van der Waals surface area contributed by atoms with Crippen LogP contribution >= 0.6 is 0 Å². The van der Waals surface area contributed by atoms with E-state index in [-0.39, 0.29) is 40.5 Å². The minimum absolute atomic E-state index is 0.0180. The monoisotopic (exact) mass is 477 g/mol. The normalized spacial score (nSPS) is 14.5. The molecule has 0 aliphatic carbocycles. The van der Waals surface area contributed by atoms with E-state index >= 15 is 0 Å². The van der Waals surface area contributed by atoms with Gasteiger partial charge in [0.1, 0.15) is 0 Å². The molecule has 1 saturated heterocycles. The fourth-order valence-electron chi connectivity index (χ4n) is 3.29. The number of esters is 1. The Bertz CT molecular complexity index is 1190. The molecule has 11 nitrogen and oxygen atoms in total. The van der Waals surface area contributed by atoms with Gasteiger partial charge in [0.2, 0.25) is 10.0 Å². The molecule has 1 aliphatic rings. The lowest BCUT2D eigenvalue weighted by molar-refractivity contribution is -0.385. The fraction of sp³-hybridized carbons (Fsp3) is 0.333. The molecule has 0 bridgehead atoms. The predicted octanol–water partition coefficient (Wildman–Crippen LogP) is 2.03. The molecule has 0 radical (unpaired) electrons. The lowest BCUT2D eigenvalue weighted by Crippen LogP contribution is -2.40. The molecule has 0 atom stereocenters. The van der Waals surface area contributed by atoms with Gasteiger partial charge in [-0.15, -0.1) is 0 Å². The Morgan fingerprint density at radius 2 is 1.88 bits per heavy atom. The molecular weight excluding hydrogens is 454 g/mol. The molecule has 0 saturated carbocycles. The first kappa shape index (κ1) is 24.3. The van der Waals surface area contributed by atoms with Gasteiger partial charge in [0.05, 0.1) is 39.8 Å². The molecule has 2 aromatic rings. The Balaban J connectivity index is 1.69. The first-order chi connectivity index (χ1) is 15.6. The van der Waals surface area contributed by atoms with E-state index in [1.54, 1.807) is 6.92 Å². The van der Waals surface area contributed by atoms with Crippen LogP contribution in [0.25, 0.3) is 0 Å². The number of carbonyl (C=O) groups excluding carboxylic acids is 2. The Labute approximate surface area is 190 Å². The van der Waals surface area contributed by atoms with Crippen molar-refractivity contribution < 1.29 is 32.4 Å². The highest BCUT2D eigenvalue weighted by Gasteiger charge is 2.28. The van der Waals surface area contributed by atoms with Crippen molar-refractivity contribution in [2.45, 2.75) is 18.7 Å². The average molecular weight is 477 g/mol. The van der Waals surface area contributed by atoms with Crippen LogP contribution in [0.4, 0.5) is 11.4 Å². The standard InChI is InChI=1S/C21H23N3O8S/c1-14-6-7-16(12-19(14)33(29,30)23-8-10-31-11-9-23)21(26)32-13-20(25)22-17-4-3-5-18(15(17)2)24(27)28/h3-7,12H,8-11,13H2,1-2H3,(H,22,25). The van der Waals surface area contributed by atoms with E-state index in [4.69, 9.17) is 9.47 Å². The summed E-state index contributed by atoms with van der Waals surface area (Å²) in [6.07, 6.45) is 0. The summed E-state index contributed by atoms with van der Waals surface area (Å²) in [7, 11) is -3.83. The first-order valence-electron chi connectivity index (χ1n) is 10.0. The minimum atomic E-state index is -3.83. The van der Waals surface area contributed by atoms with Crippen LogP contribution in [-0.4, -0.2) is 62.4 Å². The summed E-state index contributed by atoms with van der Waals surface area (Å²) in [6.45, 7) is 3.47. The molecule has 176 valence electrons. The summed E-state index contributed by atoms with van der Waals surface area (Å²) in [5.41, 5.74) is 0.778. The van der Waals surface area contributed by atoms with Crippen molar-refractivity contribution in [2.24, 2.45) is 0 Å². The maximum atomic E-state index is 13.0. The van der Waals surface area contributed by atoms with Crippen LogP contribution in [0.2, 0.25) is 0 Å². The van der Waals surface area contributed by atoms with Gasteiger partial charge in [0, 0.05) is 19.2 Å². The molecule has 1 amide bonds. The third-order valence-electron chi connectivity index (χ3n) is 5.12. The lowest BCUT2D eigenvalue weighted by atomic mass is 10.1. The number of amides is 1. The Kier molecular flexibility index (Phi) is 7.41. The third-order valence-corrected chi connectivity index (χ3v) is 7.16. The van der Waals surface area contributed by atoms with E-state index in [1.165, 1.54) is 47.6 Å². The van der Waals surface area contributed by atoms with Gasteiger partial charge >= 0.3 is 5.97 Å². The molecule has 12 heteroatoms. The summed E-state index contributed by atoms with van der Waals surface area (Å²) in [4.78, 5) is 35.1. The second-order valence-corrected chi connectivity index (χ2v) is 9.23. The second kappa shape index (κ2) is 10.1. The number of anilines is 1. The fourth-order valence-corrected chi connectivity index (χ4v) is 4.95. The molecule has 2 aromatic carbocycles. The molecule has 0 aromatic heterocycles. The summed E-state index contributed by atoms with van der Waals surface area (Å²) < 4.78 is 37.4. The number of carbonyl (C=O) groups is 2. The van der Waals surface area contributed by atoms with Crippen molar-refractivity contribution in [1.29, 1.82) is 0 Å². The quantitative estimate of drug-likeness (QED) is 0.362. The van der Waals surface area contributed by atoms with Crippen molar-refractivity contribution in [1.82, 2.24) is 4.31 Å². The zero-order valence-corrected chi connectivity index (χ0v) is 18.9. The van der Waals surface area contributed by atoms with E-state index in [2.05, 4.69) is 5.32 Å². The zero-order valence-electron chi connectivity index (χ0n) is 18.1. The van der Waals surface area contributed by atoms with Gasteiger partial charge in [-0.3, -0.25) is 14.9 Å². The molecule has 0 unspecified atom stereocenters. The molecule has 33 heavy (non-hydrogen) atoms. The molecule has 1 aliphatic heterocycles. The number of aryl methyl sites for hydroxylation is 1. The van der Waals surface area contributed by atoms with Crippen molar-refractivity contribution in [2.75, 3.05) is 38.2 Å². The van der Waals surface area contributed by atoms with Crippen LogP contribution in [0.1, 0.15) is 21.5 Å². The van der Waals surface area contributed by atoms with Gasteiger partial charge in [0.25, 0.3) is 11.6 Å². The molecule has 1 fully saturated rings. The number of nitro groups is 1. The molecular formula is C21H23N3O8S. The number of sulfonamides is 1. The number of benzene rings is 2. The van der Waals surface area contributed by atoms with Crippen LogP contribution in [0, 0.1) is 24.0 Å². The van der Waals surface area contributed by atoms with Crippen LogP contribution in [0.15, 0.2) is 41.3 Å². The number of ether oxygens (including phenoxy) is 2. The number of hydrogen-bond donors (Lipinski definition) is 1. The number of morpholine rings is 1. The summed E-state index contributed by atoms with van der Waals surface area (Å²) in [5, 5.41) is 13.5. The lowest BCUT2D eigenvalue weighted by Gasteiger charge is -2.26. The first-order valence-corrected chi connectivity index (χ1v) is 11.4. The summed E-state index contributed by atoms with van der Waals surface area (Å²) in [6, 6.07) is 8.37. The van der Waals surface area contributed by atoms with Gasteiger partial charge in [-0.05, 0) is 37.6 Å². The van der Waals surface area contributed by atoms with Crippen LogP contribution < -0.4 is 5.32 Å². The highest BCUT2D eigenvalue weighted by Crippen LogP contribution is 2.25. The maximum absolute atomic E-state index is 13.0. The predicted molar refractivity (Wildman–Crippen MR) is 118 cm³/mol. The van der Waals surface area contributed by atoms with Crippen molar-refractivity contribution in [3.05, 3.63) is 63.2 Å². The van der Waals surface area contributed by atoms with Gasteiger partial charge in [-0.2, -0.15) is 4.31 Å². The van der Waals surface area contributed by atoms with Gasteiger partial charge in [-0.1, -0.05) is 12.1 Å². The smallest absolute Gasteiger partial charge is 0.338 e. The van der Waals surface area contributed by atoms with E-state index in [0.717, 1.165) is 0 Å². The molecule has 3 rings (SSSR count). The largest absolute Gasteiger partial charge is 0.452 e. The van der Waals surface area contributed by atoms with Crippen LogP contribution in [-0.2, 0) is 24.3 Å². The third kappa shape index (κ3) is 5.53. The Morgan fingerprint density at radius 3 is 2.55 bits per heavy atom. The maximum Gasteiger partial charge on any atom is 0.338 e. The summed E-state index contributed by atoms with van der Waals surface area (Å²) >= 11 is 0. The average Bonchev–Trinajstić information content (AvgIpc) is 2.79. The van der Waals surface area contributed by atoms with Crippen molar-refractivity contribution in [3.63, 3.8) is 0 Å². The van der Waals surface area contributed by atoms with E-state index in [0.29, 0.717) is 18.8 Å². The van der Waals surface area contributed by atoms with E-state index in [9.17, 15) is 28.1 Å². The van der Waals surface area contributed by atoms with Crippen LogP contribution in [0.3, 0.4) is 0 Å². The van der Waals surface area contributed by atoms with Crippen molar-refractivity contribution >= 4 is 33.3 Å². The highest BCUT2D eigenvalue weighted by molar-refractivity contribution is 7.89. The SMILES string of the molecule is Cc1ccc(C(=O)OCC(=O)Nc2cccc([N+](=O)[O-])c2C)cc1S(=O)(=O)N1CCOCC1. The topological polar surface area (TPSA) is 145 Å². The minimum Gasteiger partial charge on any atom is -0.452 e. The highest BCUT2D eigenvalue weighted by atomic mass is 32.2. The van der Waals surface area contributed by atoms with Crippen molar-refractivity contribution in [3.8, 4) is 0 Å². The van der Waals surface area contributed by atoms with Crippen LogP contribution in [0.5, 0.6) is 0 Å². The number of hydrogen-bond acceptors (Lipinski definition) is 8. The van der Waals surface area contributed by atoms with E-state index in [1.807, 2.05) is 0 Å². The molecule has 1 heterocycles. The molecule has 1 N–H and O–H groups in total. The number of nitro benzene ring substituents is 1. The summed E-state index contributed by atoms with van der Waals surface area (Å²) in [5.74, 6) is -1.57. The second-order valence-electron chi connectivity index (χ2n) is 7.33. The van der Waals surface area contributed by atoms with Gasteiger partial charge < -0.3 is 14.8 Å². The van der Waals surface area contributed by atoms with Gasteiger partial charge in [-0.25, -0.2) is 13.2 Å². The number of nitrogens with one attached hydrogen (secondary N) is 1. The Hall–Kier alpha value is -3.35. The van der Waals surface area contributed by atoms with Gasteiger partial charge in [0.15, 0.2) is 6.61 Å². The van der Waals surface area contributed by atoms with E-state index < -0.39 is 33.4 Å². The number of nitrogens with zero attached hydrogens (tertiary/aromatic N) is 2. The zero-order chi connectivity index (χ0) is 24.2. The Morgan fingerprint density at radius 1 is 1.18 bits per heavy atom.